The molecule has 1 amide bonds. The van der Waals surface area contributed by atoms with Gasteiger partial charge in [0.05, 0.1) is 10.7 Å². The van der Waals surface area contributed by atoms with Gasteiger partial charge in [-0.2, -0.15) is 0 Å². The number of pyridine rings is 1. The summed E-state index contributed by atoms with van der Waals surface area (Å²) >= 11 is 1.91. The number of thiazole rings is 1. The van der Waals surface area contributed by atoms with E-state index in [2.05, 4.69) is 28.1 Å². The molecule has 6 heteroatoms. The van der Waals surface area contributed by atoms with Crippen LogP contribution in [-0.2, 0) is 12.8 Å². The lowest BCUT2D eigenvalue weighted by Gasteiger charge is -2.31. The zero-order chi connectivity index (χ0) is 19.8. The molecule has 4 heterocycles. The summed E-state index contributed by atoms with van der Waals surface area (Å²) in [7, 11) is 0. The van der Waals surface area contributed by atoms with Crippen molar-refractivity contribution in [3.05, 3.63) is 69.1 Å². The fourth-order valence-corrected chi connectivity index (χ4v) is 5.63. The molecule has 0 aromatic carbocycles. The number of nitrogens with zero attached hydrogens (tertiary/aromatic N) is 4. The number of hydrogen-bond donors (Lipinski definition) is 0. The summed E-state index contributed by atoms with van der Waals surface area (Å²) in [5, 5.41) is 1.28. The molecular weight excluding hydrogens is 380 g/mol. The molecule has 2 aromatic rings. The van der Waals surface area contributed by atoms with Crippen molar-refractivity contribution >= 4 is 17.2 Å². The molecule has 0 atom stereocenters. The van der Waals surface area contributed by atoms with Crippen molar-refractivity contribution < 1.29 is 4.79 Å². The third-order valence-electron chi connectivity index (χ3n) is 6.16. The fraction of sp³-hybridized carbons (Fsp3) is 0.435. The third-order valence-corrected chi connectivity index (χ3v) is 7.48. The van der Waals surface area contributed by atoms with Crippen LogP contribution in [0.2, 0.25) is 0 Å². The van der Waals surface area contributed by atoms with Crippen molar-refractivity contribution in [1.82, 2.24) is 19.8 Å². The Kier molecular flexibility index (Phi) is 4.96. The van der Waals surface area contributed by atoms with Gasteiger partial charge in [-0.1, -0.05) is 12.1 Å². The van der Waals surface area contributed by atoms with Crippen LogP contribution in [0.15, 0.2) is 42.1 Å². The molecule has 1 fully saturated rings. The molecule has 1 saturated heterocycles. The van der Waals surface area contributed by atoms with Gasteiger partial charge in [0.2, 0.25) is 0 Å². The van der Waals surface area contributed by atoms with E-state index in [9.17, 15) is 4.79 Å². The number of amides is 1. The molecular formula is C23H26N4OS. The zero-order valence-corrected chi connectivity index (χ0v) is 17.6. The standard InChI is InChI=1S/C23H26N4OS/c1-16-4-2-7-20(24-16)23(28)27-12-8-17(9-13-27)22-25-19-10-14-26(18-5-3-6-18)15-11-21(19)29-22/h2-7,17H,8-15H2,1H3. The average molecular weight is 407 g/mol. The topological polar surface area (TPSA) is 49.3 Å². The maximum absolute atomic E-state index is 12.7. The summed E-state index contributed by atoms with van der Waals surface area (Å²) in [5.74, 6) is 0.538. The third kappa shape index (κ3) is 3.73. The molecule has 5 rings (SSSR count). The lowest BCUT2D eigenvalue weighted by atomic mass is 9.97. The number of aromatic nitrogens is 2. The van der Waals surface area contributed by atoms with Crippen LogP contribution in [0.25, 0.3) is 0 Å². The molecule has 1 aliphatic carbocycles. The Morgan fingerprint density at radius 1 is 1.10 bits per heavy atom. The Bertz CT molecular complexity index is 959. The second-order valence-electron chi connectivity index (χ2n) is 8.09. The van der Waals surface area contributed by atoms with E-state index in [0.29, 0.717) is 11.6 Å². The number of allylic oxidation sites excluding steroid dienone is 3. The smallest absolute Gasteiger partial charge is 0.272 e. The SMILES string of the molecule is Cc1cccc(C(=O)N2CCC(c3nc4c(s3)CCN(C3=CC=C3)CC4)CC2)n1. The van der Waals surface area contributed by atoms with E-state index in [1.165, 1.54) is 21.3 Å². The van der Waals surface area contributed by atoms with Crippen LogP contribution < -0.4 is 0 Å². The van der Waals surface area contributed by atoms with E-state index in [0.717, 1.165) is 57.6 Å². The summed E-state index contributed by atoms with van der Waals surface area (Å²) in [5.41, 5.74) is 4.11. The van der Waals surface area contributed by atoms with Crippen molar-refractivity contribution in [1.29, 1.82) is 0 Å². The van der Waals surface area contributed by atoms with Crippen molar-refractivity contribution in [3.63, 3.8) is 0 Å². The quantitative estimate of drug-likeness (QED) is 0.780. The Balaban J connectivity index is 1.20. The highest BCUT2D eigenvalue weighted by Gasteiger charge is 2.28. The lowest BCUT2D eigenvalue weighted by Crippen LogP contribution is -2.38. The largest absolute Gasteiger partial charge is 0.371 e. The van der Waals surface area contributed by atoms with Crippen molar-refractivity contribution in [3.8, 4) is 0 Å². The van der Waals surface area contributed by atoms with E-state index >= 15 is 0 Å². The maximum atomic E-state index is 12.7. The van der Waals surface area contributed by atoms with E-state index in [-0.39, 0.29) is 5.91 Å². The summed E-state index contributed by atoms with van der Waals surface area (Å²) in [6.45, 7) is 5.65. The zero-order valence-electron chi connectivity index (χ0n) is 16.8. The number of piperidine rings is 1. The minimum atomic E-state index is 0.0570. The van der Waals surface area contributed by atoms with E-state index in [4.69, 9.17) is 4.98 Å². The van der Waals surface area contributed by atoms with Gasteiger partial charge >= 0.3 is 0 Å². The molecule has 29 heavy (non-hydrogen) atoms. The monoisotopic (exact) mass is 406 g/mol. The second kappa shape index (κ2) is 7.75. The van der Waals surface area contributed by atoms with Crippen LogP contribution in [0.4, 0.5) is 0 Å². The van der Waals surface area contributed by atoms with Crippen LogP contribution in [-0.4, -0.2) is 51.9 Å². The van der Waals surface area contributed by atoms with Gasteiger partial charge < -0.3 is 9.80 Å². The van der Waals surface area contributed by atoms with E-state index in [1.807, 2.05) is 41.4 Å². The molecule has 0 unspecified atom stereocenters. The number of likely N-dealkylation sites (tertiary alicyclic amines) is 1. The molecule has 0 N–H and O–H groups in total. The first-order valence-electron chi connectivity index (χ1n) is 10.5. The Morgan fingerprint density at radius 2 is 1.90 bits per heavy atom. The molecule has 0 radical (unpaired) electrons. The number of fused-ring (bicyclic) bond motifs is 1. The Labute approximate surface area is 175 Å². The normalized spacial score (nSPS) is 19.4. The summed E-state index contributed by atoms with van der Waals surface area (Å²) in [4.78, 5) is 28.1. The van der Waals surface area contributed by atoms with Crippen molar-refractivity contribution in [2.24, 2.45) is 0 Å². The van der Waals surface area contributed by atoms with Gasteiger partial charge in [-0.3, -0.25) is 4.79 Å². The Hall–Kier alpha value is -2.47. The van der Waals surface area contributed by atoms with Gasteiger partial charge in [0.25, 0.3) is 5.91 Å². The molecule has 0 spiro atoms. The number of rotatable bonds is 3. The minimum absolute atomic E-state index is 0.0570. The molecule has 150 valence electrons. The van der Waals surface area contributed by atoms with Crippen LogP contribution >= 0.6 is 11.3 Å². The molecule has 0 bridgehead atoms. The van der Waals surface area contributed by atoms with Gasteiger partial charge in [-0.15, -0.1) is 11.3 Å². The summed E-state index contributed by atoms with van der Waals surface area (Å²) < 4.78 is 0. The van der Waals surface area contributed by atoms with Gasteiger partial charge in [0.15, 0.2) is 0 Å². The summed E-state index contributed by atoms with van der Waals surface area (Å²) in [6.07, 6.45) is 10.6. The maximum Gasteiger partial charge on any atom is 0.272 e. The number of carbonyl (C=O) groups excluding carboxylic acids is 1. The van der Waals surface area contributed by atoms with Crippen molar-refractivity contribution in [2.45, 2.75) is 38.5 Å². The van der Waals surface area contributed by atoms with Gasteiger partial charge in [0, 0.05) is 61.2 Å². The van der Waals surface area contributed by atoms with Gasteiger partial charge in [-0.05, 0) is 44.1 Å². The highest BCUT2D eigenvalue weighted by Crippen LogP contribution is 2.34. The highest BCUT2D eigenvalue weighted by atomic mass is 32.1. The van der Waals surface area contributed by atoms with Gasteiger partial charge in [0.1, 0.15) is 5.69 Å². The predicted octanol–water partition coefficient (Wildman–Crippen LogP) is 3.72. The highest BCUT2D eigenvalue weighted by molar-refractivity contribution is 7.11. The minimum Gasteiger partial charge on any atom is -0.371 e. The number of aryl methyl sites for hydroxylation is 1. The van der Waals surface area contributed by atoms with Crippen molar-refractivity contribution in [2.75, 3.05) is 26.2 Å². The average Bonchev–Trinajstić information content (AvgIpc) is 3.02. The second-order valence-corrected chi connectivity index (χ2v) is 9.21. The van der Waals surface area contributed by atoms with E-state index < -0.39 is 0 Å². The Morgan fingerprint density at radius 3 is 2.62 bits per heavy atom. The molecule has 0 saturated carbocycles. The molecule has 3 aliphatic rings. The van der Waals surface area contributed by atoms with Crippen LogP contribution in [0.1, 0.15) is 50.5 Å². The first-order chi connectivity index (χ1) is 14.2. The van der Waals surface area contributed by atoms with Crippen LogP contribution in [0, 0.1) is 6.92 Å². The first kappa shape index (κ1) is 18.6. The van der Waals surface area contributed by atoms with Crippen LogP contribution in [0.3, 0.4) is 0 Å². The molecule has 2 aliphatic heterocycles. The van der Waals surface area contributed by atoms with Crippen LogP contribution in [0.5, 0.6) is 0 Å². The fourth-order valence-electron chi connectivity index (χ4n) is 4.36. The predicted molar refractivity (Wildman–Crippen MR) is 115 cm³/mol. The lowest BCUT2D eigenvalue weighted by molar-refractivity contribution is 0.0706. The molecule has 5 nitrogen and oxygen atoms in total. The molecule has 2 aromatic heterocycles. The number of carbonyl (C=O) groups is 1. The van der Waals surface area contributed by atoms with E-state index in [1.54, 1.807) is 0 Å². The summed E-state index contributed by atoms with van der Waals surface area (Å²) in [6, 6.07) is 5.65. The van der Waals surface area contributed by atoms with Gasteiger partial charge in [-0.25, -0.2) is 9.97 Å². The first-order valence-corrected chi connectivity index (χ1v) is 11.3. The number of hydrogen-bond acceptors (Lipinski definition) is 5.